The minimum Gasteiger partial charge on any atom is -0.497 e. The van der Waals surface area contributed by atoms with Crippen molar-refractivity contribution in [1.29, 1.82) is 0 Å². The van der Waals surface area contributed by atoms with Crippen LogP contribution in [-0.2, 0) is 14.3 Å². The molecule has 7 nitrogen and oxygen atoms in total. The van der Waals surface area contributed by atoms with Gasteiger partial charge in [0.05, 0.1) is 20.1 Å². The summed E-state index contributed by atoms with van der Waals surface area (Å²) in [6, 6.07) is 10.1. The number of rotatable bonds is 7. The SMILES string of the molecule is COc1ccc(OC)c(/C=C/C(=O)OCC(=O)c2ccc3c(c2)[C@H](C)C(=O)N3)c1. The predicted molar refractivity (Wildman–Crippen MR) is 107 cm³/mol. The number of anilines is 1. The van der Waals surface area contributed by atoms with Crippen molar-refractivity contribution in [3.05, 3.63) is 59.2 Å². The Morgan fingerprint density at radius 1 is 1.10 bits per heavy atom. The first-order valence-corrected chi connectivity index (χ1v) is 8.97. The molecule has 0 radical (unpaired) electrons. The zero-order valence-corrected chi connectivity index (χ0v) is 16.4. The smallest absolute Gasteiger partial charge is 0.331 e. The number of methoxy groups -OCH3 is 2. The van der Waals surface area contributed by atoms with Gasteiger partial charge < -0.3 is 19.5 Å². The lowest BCUT2D eigenvalue weighted by molar-refractivity contribution is -0.136. The minimum atomic E-state index is -0.658. The maximum atomic E-state index is 12.4. The van der Waals surface area contributed by atoms with E-state index < -0.39 is 12.6 Å². The van der Waals surface area contributed by atoms with Crippen molar-refractivity contribution in [3.63, 3.8) is 0 Å². The number of fused-ring (bicyclic) bond motifs is 1. The third-order valence-corrected chi connectivity index (χ3v) is 4.67. The Morgan fingerprint density at radius 2 is 1.90 bits per heavy atom. The first kappa shape index (κ1) is 20.1. The van der Waals surface area contributed by atoms with Gasteiger partial charge in [0.25, 0.3) is 0 Å². The number of ether oxygens (including phenoxy) is 3. The summed E-state index contributed by atoms with van der Waals surface area (Å²) in [4.78, 5) is 36.1. The highest BCUT2D eigenvalue weighted by molar-refractivity contribution is 6.05. The second-order valence-corrected chi connectivity index (χ2v) is 6.49. The minimum absolute atomic E-state index is 0.103. The van der Waals surface area contributed by atoms with Gasteiger partial charge in [0.15, 0.2) is 12.4 Å². The number of hydrogen-bond donors (Lipinski definition) is 1. The van der Waals surface area contributed by atoms with E-state index in [1.807, 2.05) is 0 Å². The molecule has 1 atom stereocenters. The quantitative estimate of drug-likeness (QED) is 0.440. The van der Waals surface area contributed by atoms with Gasteiger partial charge >= 0.3 is 5.97 Å². The maximum Gasteiger partial charge on any atom is 0.331 e. The molecule has 1 amide bonds. The van der Waals surface area contributed by atoms with Crippen LogP contribution in [0, 0.1) is 0 Å². The van der Waals surface area contributed by atoms with Gasteiger partial charge in [-0.15, -0.1) is 0 Å². The van der Waals surface area contributed by atoms with Crippen molar-refractivity contribution in [2.45, 2.75) is 12.8 Å². The fraction of sp³-hybridized carbons (Fsp3) is 0.227. The normalized spacial score (nSPS) is 15.0. The van der Waals surface area contributed by atoms with Crippen molar-refractivity contribution in [2.24, 2.45) is 0 Å². The van der Waals surface area contributed by atoms with Gasteiger partial charge in [-0.1, -0.05) is 0 Å². The molecule has 0 aromatic heterocycles. The van der Waals surface area contributed by atoms with E-state index >= 15 is 0 Å². The van der Waals surface area contributed by atoms with Gasteiger partial charge in [-0.3, -0.25) is 9.59 Å². The molecular weight excluding hydrogens is 374 g/mol. The van der Waals surface area contributed by atoms with Crippen molar-refractivity contribution >= 4 is 29.4 Å². The summed E-state index contributed by atoms with van der Waals surface area (Å²) in [5, 5.41) is 2.75. The Morgan fingerprint density at radius 3 is 2.62 bits per heavy atom. The van der Waals surface area contributed by atoms with Crippen LogP contribution in [0.2, 0.25) is 0 Å². The van der Waals surface area contributed by atoms with Crippen molar-refractivity contribution < 1.29 is 28.6 Å². The third-order valence-electron chi connectivity index (χ3n) is 4.67. The van der Waals surface area contributed by atoms with Crippen LogP contribution in [0.5, 0.6) is 11.5 Å². The van der Waals surface area contributed by atoms with Crippen LogP contribution < -0.4 is 14.8 Å². The van der Waals surface area contributed by atoms with E-state index in [0.717, 1.165) is 5.56 Å². The van der Waals surface area contributed by atoms with Crippen LogP contribution in [0.1, 0.15) is 34.3 Å². The molecule has 0 bridgehead atoms. The lowest BCUT2D eigenvalue weighted by Crippen LogP contribution is -2.13. The molecule has 7 heteroatoms. The van der Waals surface area contributed by atoms with Gasteiger partial charge in [-0.2, -0.15) is 0 Å². The molecule has 150 valence electrons. The van der Waals surface area contributed by atoms with Crippen LogP contribution in [-0.4, -0.2) is 38.5 Å². The first-order valence-electron chi connectivity index (χ1n) is 8.97. The van der Waals surface area contributed by atoms with Gasteiger partial charge in [-0.05, 0) is 55.0 Å². The third kappa shape index (κ3) is 4.45. The second-order valence-electron chi connectivity index (χ2n) is 6.49. The summed E-state index contributed by atoms with van der Waals surface area (Å²) in [5.74, 6) is -0.237. The van der Waals surface area contributed by atoms with E-state index in [9.17, 15) is 14.4 Å². The summed E-state index contributed by atoms with van der Waals surface area (Å²) >= 11 is 0. The Hall–Kier alpha value is -3.61. The largest absolute Gasteiger partial charge is 0.497 e. The number of benzene rings is 2. The summed E-state index contributed by atoms with van der Waals surface area (Å²) in [6.07, 6.45) is 2.75. The van der Waals surface area contributed by atoms with Gasteiger partial charge in [0.2, 0.25) is 5.91 Å². The Bertz CT molecular complexity index is 995. The lowest BCUT2D eigenvalue weighted by Gasteiger charge is -2.07. The summed E-state index contributed by atoms with van der Waals surface area (Å²) < 4.78 is 15.5. The van der Waals surface area contributed by atoms with Crippen molar-refractivity contribution in [2.75, 3.05) is 26.1 Å². The van der Waals surface area contributed by atoms with Crippen LogP contribution in [0.4, 0.5) is 5.69 Å². The monoisotopic (exact) mass is 395 g/mol. The molecule has 0 saturated heterocycles. The molecule has 0 aliphatic carbocycles. The summed E-state index contributed by atoms with van der Waals surface area (Å²) in [6.45, 7) is 1.38. The number of hydrogen-bond acceptors (Lipinski definition) is 6. The molecule has 2 aromatic carbocycles. The Kier molecular flexibility index (Phi) is 5.97. The van der Waals surface area contributed by atoms with E-state index in [0.29, 0.717) is 28.3 Å². The lowest BCUT2D eigenvalue weighted by atomic mass is 9.99. The van der Waals surface area contributed by atoms with Crippen LogP contribution in [0.15, 0.2) is 42.5 Å². The van der Waals surface area contributed by atoms with Gasteiger partial charge in [-0.25, -0.2) is 4.79 Å². The van der Waals surface area contributed by atoms with Crippen molar-refractivity contribution in [3.8, 4) is 11.5 Å². The molecule has 0 unspecified atom stereocenters. The molecule has 3 rings (SSSR count). The van der Waals surface area contributed by atoms with Crippen molar-refractivity contribution in [1.82, 2.24) is 0 Å². The fourth-order valence-corrected chi connectivity index (χ4v) is 2.99. The number of ketones is 1. The zero-order valence-electron chi connectivity index (χ0n) is 16.4. The Labute approximate surface area is 168 Å². The average molecular weight is 395 g/mol. The molecule has 29 heavy (non-hydrogen) atoms. The number of nitrogens with one attached hydrogen (secondary N) is 1. The summed E-state index contributed by atoms with van der Waals surface area (Å²) in [5.41, 5.74) is 2.49. The number of carbonyl (C=O) groups is 3. The number of Topliss-reactive ketones (excluding diaryl/α,β-unsaturated/α-hetero) is 1. The molecule has 0 saturated carbocycles. The second kappa shape index (κ2) is 8.60. The predicted octanol–water partition coefficient (Wildman–Crippen LogP) is 3.20. The molecule has 1 aliphatic heterocycles. The number of amides is 1. The highest BCUT2D eigenvalue weighted by Gasteiger charge is 2.27. The molecule has 1 heterocycles. The molecule has 1 N–H and O–H groups in total. The highest BCUT2D eigenvalue weighted by atomic mass is 16.5. The molecule has 1 aliphatic rings. The molecule has 0 fully saturated rings. The Balaban J connectivity index is 1.62. The topological polar surface area (TPSA) is 90.9 Å². The van der Waals surface area contributed by atoms with E-state index in [2.05, 4.69) is 5.32 Å². The standard InChI is InChI=1S/C22H21NO6/c1-13-17-11-14(4-7-18(17)23-22(13)26)19(24)12-29-21(25)9-5-15-10-16(27-2)6-8-20(15)28-3/h4-11,13H,12H2,1-3H3,(H,23,26)/b9-5+/t13-/m0/s1. The van der Waals surface area contributed by atoms with E-state index in [-0.39, 0.29) is 17.6 Å². The van der Waals surface area contributed by atoms with Crippen LogP contribution >= 0.6 is 0 Å². The zero-order chi connectivity index (χ0) is 21.0. The molecule has 2 aromatic rings. The summed E-state index contributed by atoms with van der Waals surface area (Å²) in [7, 11) is 3.07. The van der Waals surface area contributed by atoms with E-state index in [1.165, 1.54) is 19.3 Å². The highest BCUT2D eigenvalue weighted by Crippen LogP contribution is 2.32. The van der Waals surface area contributed by atoms with Crippen LogP contribution in [0.25, 0.3) is 6.08 Å². The fourth-order valence-electron chi connectivity index (χ4n) is 2.99. The van der Waals surface area contributed by atoms with Crippen LogP contribution in [0.3, 0.4) is 0 Å². The number of esters is 1. The van der Waals surface area contributed by atoms with Gasteiger partial charge in [0.1, 0.15) is 11.5 Å². The molecule has 0 spiro atoms. The average Bonchev–Trinajstić information content (AvgIpc) is 3.03. The van der Waals surface area contributed by atoms with E-state index in [1.54, 1.807) is 50.4 Å². The maximum absolute atomic E-state index is 12.4. The van der Waals surface area contributed by atoms with Gasteiger partial charge in [0, 0.05) is 22.9 Å². The van der Waals surface area contributed by atoms with E-state index in [4.69, 9.17) is 14.2 Å². The molecular formula is C22H21NO6. The number of carbonyl (C=O) groups excluding carboxylic acids is 3. The first-order chi connectivity index (χ1) is 13.9.